The SMILES string of the molecule is C=CCNCCNCc1ccoc1. The first-order valence-corrected chi connectivity index (χ1v) is 4.47. The molecule has 1 rings (SSSR count). The van der Waals surface area contributed by atoms with E-state index in [0.717, 1.165) is 26.2 Å². The van der Waals surface area contributed by atoms with Crippen LogP contribution >= 0.6 is 0 Å². The molecule has 13 heavy (non-hydrogen) atoms. The number of nitrogens with one attached hydrogen (secondary N) is 2. The van der Waals surface area contributed by atoms with Crippen LogP contribution in [0.2, 0.25) is 0 Å². The van der Waals surface area contributed by atoms with Crippen LogP contribution in [0.15, 0.2) is 35.7 Å². The van der Waals surface area contributed by atoms with Crippen molar-refractivity contribution in [1.82, 2.24) is 10.6 Å². The average molecular weight is 180 g/mol. The molecule has 3 nitrogen and oxygen atoms in total. The van der Waals surface area contributed by atoms with Crippen LogP contribution in [0.5, 0.6) is 0 Å². The van der Waals surface area contributed by atoms with Crippen LogP contribution in [-0.2, 0) is 6.54 Å². The van der Waals surface area contributed by atoms with E-state index >= 15 is 0 Å². The van der Waals surface area contributed by atoms with E-state index in [9.17, 15) is 0 Å². The molecule has 1 heterocycles. The lowest BCUT2D eigenvalue weighted by Gasteiger charge is -2.02. The van der Waals surface area contributed by atoms with Crippen LogP contribution in [-0.4, -0.2) is 19.6 Å². The van der Waals surface area contributed by atoms with Crippen molar-refractivity contribution in [3.63, 3.8) is 0 Å². The van der Waals surface area contributed by atoms with Gasteiger partial charge in [0.25, 0.3) is 0 Å². The summed E-state index contributed by atoms with van der Waals surface area (Å²) in [5.41, 5.74) is 1.18. The zero-order chi connectivity index (χ0) is 9.36. The van der Waals surface area contributed by atoms with Gasteiger partial charge in [0.05, 0.1) is 12.5 Å². The van der Waals surface area contributed by atoms with Gasteiger partial charge in [0.1, 0.15) is 0 Å². The fourth-order valence-electron chi connectivity index (χ4n) is 1.01. The van der Waals surface area contributed by atoms with E-state index in [1.165, 1.54) is 5.56 Å². The second kappa shape index (κ2) is 6.46. The Balaban J connectivity index is 1.93. The molecule has 3 heteroatoms. The summed E-state index contributed by atoms with van der Waals surface area (Å²) in [5.74, 6) is 0. The lowest BCUT2D eigenvalue weighted by atomic mass is 10.3. The standard InChI is InChI=1S/C10H16N2O/c1-2-4-11-5-6-12-8-10-3-7-13-9-10/h2-3,7,9,11-12H,1,4-6,8H2. The molecule has 0 aliphatic heterocycles. The Morgan fingerprint density at radius 2 is 2.23 bits per heavy atom. The van der Waals surface area contributed by atoms with Gasteiger partial charge >= 0.3 is 0 Å². The van der Waals surface area contributed by atoms with Crippen LogP contribution in [0, 0.1) is 0 Å². The van der Waals surface area contributed by atoms with Crippen LogP contribution in [0.4, 0.5) is 0 Å². The highest BCUT2D eigenvalue weighted by Crippen LogP contribution is 1.97. The van der Waals surface area contributed by atoms with Crippen molar-refractivity contribution in [3.8, 4) is 0 Å². The topological polar surface area (TPSA) is 37.2 Å². The third-order valence-electron chi connectivity index (χ3n) is 1.68. The van der Waals surface area contributed by atoms with E-state index in [4.69, 9.17) is 4.42 Å². The summed E-state index contributed by atoms with van der Waals surface area (Å²) in [6.07, 6.45) is 5.30. The largest absolute Gasteiger partial charge is 0.472 e. The zero-order valence-corrected chi connectivity index (χ0v) is 7.75. The van der Waals surface area contributed by atoms with Crippen LogP contribution < -0.4 is 10.6 Å². The molecular weight excluding hydrogens is 164 g/mol. The van der Waals surface area contributed by atoms with Gasteiger partial charge in [0.15, 0.2) is 0 Å². The Bertz CT molecular complexity index is 219. The summed E-state index contributed by atoms with van der Waals surface area (Å²) in [6, 6.07) is 1.96. The van der Waals surface area contributed by atoms with Crippen LogP contribution in [0.3, 0.4) is 0 Å². The summed E-state index contributed by atoms with van der Waals surface area (Å²) < 4.78 is 4.94. The van der Waals surface area contributed by atoms with E-state index in [-0.39, 0.29) is 0 Å². The van der Waals surface area contributed by atoms with Gasteiger partial charge in [0, 0.05) is 31.7 Å². The fraction of sp³-hybridized carbons (Fsp3) is 0.400. The summed E-state index contributed by atoms with van der Waals surface area (Å²) in [6.45, 7) is 7.28. The number of furan rings is 1. The molecule has 0 radical (unpaired) electrons. The fourth-order valence-corrected chi connectivity index (χ4v) is 1.01. The molecule has 72 valence electrons. The Morgan fingerprint density at radius 1 is 1.38 bits per heavy atom. The smallest absolute Gasteiger partial charge is 0.0947 e. The normalized spacial score (nSPS) is 10.2. The van der Waals surface area contributed by atoms with Crippen LogP contribution in [0.1, 0.15) is 5.56 Å². The van der Waals surface area contributed by atoms with Crippen molar-refractivity contribution < 1.29 is 4.42 Å². The van der Waals surface area contributed by atoms with Crippen LogP contribution in [0.25, 0.3) is 0 Å². The minimum absolute atomic E-state index is 0.867. The van der Waals surface area contributed by atoms with E-state index < -0.39 is 0 Å². The quantitative estimate of drug-likeness (QED) is 0.488. The summed E-state index contributed by atoms with van der Waals surface area (Å²) in [4.78, 5) is 0. The molecule has 0 atom stereocenters. The Morgan fingerprint density at radius 3 is 2.92 bits per heavy atom. The maximum Gasteiger partial charge on any atom is 0.0947 e. The van der Waals surface area contributed by atoms with Gasteiger partial charge in [0.2, 0.25) is 0 Å². The van der Waals surface area contributed by atoms with Gasteiger partial charge in [-0.3, -0.25) is 0 Å². The first kappa shape index (κ1) is 10.0. The summed E-state index contributed by atoms with van der Waals surface area (Å²) >= 11 is 0. The molecule has 1 aromatic rings. The van der Waals surface area contributed by atoms with Crippen molar-refractivity contribution in [3.05, 3.63) is 36.8 Å². The van der Waals surface area contributed by atoms with E-state index in [1.807, 2.05) is 12.1 Å². The van der Waals surface area contributed by atoms with E-state index in [2.05, 4.69) is 17.2 Å². The predicted octanol–water partition coefficient (Wildman–Crippen LogP) is 1.14. The summed E-state index contributed by atoms with van der Waals surface area (Å²) in [5, 5.41) is 6.50. The van der Waals surface area contributed by atoms with Gasteiger partial charge in [-0.1, -0.05) is 6.08 Å². The number of hydrogen-bond acceptors (Lipinski definition) is 3. The highest BCUT2D eigenvalue weighted by atomic mass is 16.3. The molecular formula is C10H16N2O. The lowest BCUT2D eigenvalue weighted by molar-refractivity contribution is 0.559. The maximum absolute atomic E-state index is 4.94. The molecule has 2 N–H and O–H groups in total. The summed E-state index contributed by atoms with van der Waals surface area (Å²) in [7, 11) is 0. The molecule has 0 aliphatic rings. The molecule has 0 bridgehead atoms. The minimum Gasteiger partial charge on any atom is -0.472 e. The van der Waals surface area contributed by atoms with Crippen molar-refractivity contribution >= 4 is 0 Å². The van der Waals surface area contributed by atoms with Crippen molar-refractivity contribution in [2.45, 2.75) is 6.54 Å². The molecule has 1 aromatic heterocycles. The number of hydrogen-bond donors (Lipinski definition) is 2. The second-order valence-corrected chi connectivity index (χ2v) is 2.80. The molecule has 0 amide bonds. The third-order valence-corrected chi connectivity index (χ3v) is 1.68. The highest BCUT2D eigenvalue weighted by Gasteiger charge is 1.91. The van der Waals surface area contributed by atoms with Crippen molar-refractivity contribution in [1.29, 1.82) is 0 Å². The van der Waals surface area contributed by atoms with Gasteiger partial charge in [-0.05, 0) is 6.07 Å². The zero-order valence-electron chi connectivity index (χ0n) is 7.75. The molecule has 0 aromatic carbocycles. The van der Waals surface area contributed by atoms with Gasteiger partial charge in [-0.25, -0.2) is 0 Å². The van der Waals surface area contributed by atoms with E-state index in [0.29, 0.717) is 0 Å². The Labute approximate surface area is 78.8 Å². The maximum atomic E-state index is 4.94. The van der Waals surface area contributed by atoms with Gasteiger partial charge in [-0.2, -0.15) is 0 Å². The Kier molecular flexibility index (Phi) is 4.98. The highest BCUT2D eigenvalue weighted by molar-refractivity contribution is 5.04. The first-order valence-electron chi connectivity index (χ1n) is 4.47. The first-order chi connectivity index (χ1) is 6.43. The second-order valence-electron chi connectivity index (χ2n) is 2.80. The van der Waals surface area contributed by atoms with Crippen molar-refractivity contribution in [2.24, 2.45) is 0 Å². The van der Waals surface area contributed by atoms with E-state index in [1.54, 1.807) is 12.5 Å². The molecule has 0 saturated heterocycles. The molecule has 0 aliphatic carbocycles. The molecule has 0 unspecified atom stereocenters. The average Bonchev–Trinajstić information content (AvgIpc) is 2.63. The molecule has 0 spiro atoms. The number of rotatable bonds is 7. The predicted molar refractivity (Wildman–Crippen MR) is 53.5 cm³/mol. The monoisotopic (exact) mass is 180 g/mol. The van der Waals surface area contributed by atoms with Gasteiger partial charge in [-0.15, -0.1) is 6.58 Å². The third kappa shape index (κ3) is 4.50. The lowest BCUT2D eigenvalue weighted by Crippen LogP contribution is -2.26. The molecule has 0 fully saturated rings. The molecule has 0 saturated carbocycles. The minimum atomic E-state index is 0.867. The van der Waals surface area contributed by atoms with Gasteiger partial charge < -0.3 is 15.1 Å². The van der Waals surface area contributed by atoms with Crippen molar-refractivity contribution in [2.75, 3.05) is 19.6 Å². The Hall–Kier alpha value is -1.06.